The summed E-state index contributed by atoms with van der Waals surface area (Å²) in [6.07, 6.45) is 0. The van der Waals surface area contributed by atoms with Crippen LogP contribution in [0.4, 0.5) is 0 Å². The first-order valence-electron chi connectivity index (χ1n) is 5.36. The topological polar surface area (TPSA) is 64.6 Å². The number of methoxy groups -OCH3 is 1. The first kappa shape index (κ1) is 13.0. The zero-order valence-corrected chi connectivity index (χ0v) is 10.2. The molecule has 5 nitrogen and oxygen atoms in total. The lowest BCUT2D eigenvalue weighted by Gasteiger charge is -2.23. The number of carbonyl (C=O) groups is 2. The molecule has 16 heavy (non-hydrogen) atoms. The van der Waals surface area contributed by atoms with E-state index in [9.17, 15) is 9.59 Å². The Bertz CT molecular complexity index is 282. The Morgan fingerprint density at radius 3 is 2.06 bits per heavy atom. The van der Waals surface area contributed by atoms with E-state index in [2.05, 4.69) is 10.1 Å². The molecule has 1 rings (SSSR count). The second kappa shape index (κ2) is 4.82. The van der Waals surface area contributed by atoms with E-state index in [0.717, 1.165) is 0 Å². The molecule has 0 aromatic heterocycles. The fourth-order valence-electron chi connectivity index (χ4n) is 1.70. The Morgan fingerprint density at radius 1 is 1.12 bits per heavy atom. The fraction of sp³-hybridized carbons (Fsp3) is 0.818. The van der Waals surface area contributed by atoms with Gasteiger partial charge < -0.3 is 14.8 Å². The largest absolute Gasteiger partial charge is 0.469 e. The third kappa shape index (κ3) is 3.20. The van der Waals surface area contributed by atoms with Gasteiger partial charge >= 0.3 is 11.9 Å². The standard InChI is InChI=1S/C11H19NO4/c1-11(2,3)16-10(14)8-6-12-5-7(8)9(13)15-4/h7-8,12H,5-6H2,1-4H3/t7-,8+/m1/s1. The van der Waals surface area contributed by atoms with Gasteiger partial charge in [0.2, 0.25) is 0 Å². The van der Waals surface area contributed by atoms with E-state index in [1.165, 1.54) is 7.11 Å². The van der Waals surface area contributed by atoms with Gasteiger partial charge in [-0.2, -0.15) is 0 Å². The van der Waals surface area contributed by atoms with Gasteiger partial charge in [0.15, 0.2) is 0 Å². The SMILES string of the molecule is COC(=O)[C@@H]1CNC[C@@H]1C(=O)OC(C)(C)C. The van der Waals surface area contributed by atoms with Crippen molar-refractivity contribution in [1.82, 2.24) is 5.32 Å². The third-order valence-corrected chi connectivity index (χ3v) is 2.43. The zero-order valence-electron chi connectivity index (χ0n) is 10.2. The van der Waals surface area contributed by atoms with Crippen molar-refractivity contribution in [2.24, 2.45) is 11.8 Å². The Labute approximate surface area is 95.5 Å². The van der Waals surface area contributed by atoms with E-state index in [1.54, 1.807) is 20.8 Å². The summed E-state index contributed by atoms with van der Waals surface area (Å²) in [6, 6.07) is 0. The van der Waals surface area contributed by atoms with E-state index < -0.39 is 17.4 Å². The maximum Gasteiger partial charge on any atom is 0.311 e. The molecule has 1 heterocycles. The van der Waals surface area contributed by atoms with Crippen molar-refractivity contribution < 1.29 is 19.1 Å². The van der Waals surface area contributed by atoms with Crippen LogP contribution in [0.1, 0.15) is 20.8 Å². The molecule has 1 aliphatic rings. The molecule has 0 saturated carbocycles. The van der Waals surface area contributed by atoms with Crippen molar-refractivity contribution >= 4 is 11.9 Å². The molecule has 2 atom stereocenters. The van der Waals surface area contributed by atoms with Crippen molar-refractivity contribution in [3.63, 3.8) is 0 Å². The molecule has 0 bridgehead atoms. The van der Waals surface area contributed by atoms with Crippen LogP contribution < -0.4 is 5.32 Å². The molecule has 0 spiro atoms. The summed E-state index contributed by atoms with van der Waals surface area (Å²) < 4.78 is 9.92. The number of nitrogens with one attached hydrogen (secondary N) is 1. The van der Waals surface area contributed by atoms with E-state index in [0.29, 0.717) is 13.1 Å². The number of hydrogen-bond acceptors (Lipinski definition) is 5. The molecule has 0 radical (unpaired) electrons. The highest BCUT2D eigenvalue weighted by Gasteiger charge is 2.40. The number of carbonyl (C=O) groups excluding carboxylic acids is 2. The summed E-state index contributed by atoms with van der Waals surface area (Å²) in [7, 11) is 1.33. The van der Waals surface area contributed by atoms with Crippen LogP contribution in [0, 0.1) is 11.8 Å². The highest BCUT2D eigenvalue weighted by molar-refractivity contribution is 5.83. The second-order valence-electron chi connectivity index (χ2n) is 4.93. The zero-order chi connectivity index (χ0) is 12.3. The molecule has 0 unspecified atom stereocenters. The molecule has 0 aliphatic carbocycles. The van der Waals surface area contributed by atoms with E-state index >= 15 is 0 Å². The molecule has 92 valence electrons. The molecule has 1 aliphatic heterocycles. The average molecular weight is 229 g/mol. The van der Waals surface area contributed by atoms with Crippen LogP contribution in [0.2, 0.25) is 0 Å². The van der Waals surface area contributed by atoms with E-state index in [-0.39, 0.29) is 11.9 Å². The van der Waals surface area contributed by atoms with Gasteiger partial charge in [0.1, 0.15) is 5.60 Å². The molecular weight excluding hydrogens is 210 g/mol. The highest BCUT2D eigenvalue weighted by atomic mass is 16.6. The summed E-state index contributed by atoms with van der Waals surface area (Å²) >= 11 is 0. The van der Waals surface area contributed by atoms with Crippen molar-refractivity contribution in [3.8, 4) is 0 Å². The Morgan fingerprint density at radius 2 is 1.62 bits per heavy atom. The van der Waals surface area contributed by atoms with E-state index in [1.807, 2.05) is 0 Å². The van der Waals surface area contributed by atoms with E-state index in [4.69, 9.17) is 4.74 Å². The predicted octanol–water partition coefficient (Wildman–Crippen LogP) is 0.337. The molecular formula is C11H19NO4. The summed E-state index contributed by atoms with van der Waals surface area (Å²) in [5.74, 6) is -1.57. The van der Waals surface area contributed by atoms with Crippen molar-refractivity contribution in [3.05, 3.63) is 0 Å². The maximum absolute atomic E-state index is 11.8. The predicted molar refractivity (Wildman–Crippen MR) is 57.7 cm³/mol. The van der Waals surface area contributed by atoms with Crippen LogP contribution in [0.3, 0.4) is 0 Å². The summed E-state index contributed by atoms with van der Waals surface area (Å²) in [4.78, 5) is 23.2. The quantitative estimate of drug-likeness (QED) is 0.692. The molecule has 5 heteroatoms. The molecule has 1 N–H and O–H groups in total. The monoisotopic (exact) mass is 229 g/mol. The second-order valence-corrected chi connectivity index (χ2v) is 4.93. The molecule has 0 aromatic rings. The van der Waals surface area contributed by atoms with Gasteiger partial charge in [-0.3, -0.25) is 9.59 Å². The van der Waals surface area contributed by atoms with Gasteiger partial charge in [0.25, 0.3) is 0 Å². The number of hydrogen-bond donors (Lipinski definition) is 1. The average Bonchev–Trinajstić information content (AvgIpc) is 2.62. The van der Waals surface area contributed by atoms with Gasteiger partial charge in [0.05, 0.1) is 18.9 Å². The van der Waals surface area contributed by atoms with Crippen LogP contribution in [0.25, 0.3) is 0 Å². The van der Waals surface area contributed by atoms with Crippen LogP contribution >= 0.6 is 0 Å². The molecule has 0 aromatic carbocycles. The normalized spacial score (nSPS) is 25.2. The summed E-state index contributed by atoms with van der Waals surface area (Å²) in [5, 5.41) is 3.00. The van der Waals surface area contributed by atoms with Crippen molar-refractivity contribution in [2.45, 2.75) is 26.4 Å². The molecule has 1 fully saturated rings. The van der Waals surface area contributed by atoms with Gasteiger partial charge in [0, 0.05) is 13.1 Å². The van der Waals surface area contributed by atoms with Gasteiger partial charge in [-0.25, -0.2) is 0 Å². The lowest BCUT2D eigenvalue weighted by atomic mass is 9.96. The minimum atomic E-state index is -0.527. The minimum Gasteiger partial charge on any atom is -0.469 e. The van der Waals surface area contributed by atoms with Gasteiger partial charge in [-0.1, -0.05) is 0 Å². The van der Waals surface area contributed by atoms with Crippen molar-refractivity contribution in [2.75, 3.05) is 20.2 Å². The summed E-state index contributed by atoms with van der Waals surface area (Å²) in [6.45, 7) is 6.35. The Hall–Kier alpha value is -1.10. The first-order chi connectivity index (χ1) is 7.35. The van der Waals surface area contributed by atoms with Gasteiger partial charge in [-0.05, 0) is 20.8 Å². The molecule has 0 amide bonds. The minimum absolute atomic E-state index is 0.340. The number of rotatable bonds is 2. The number of ether oxygens (including phenoxy) is 2. The van der Waals surface area contributed by atoms with Crippen LogP contribution in [0.5, 0.6) is 0 Å². The number of esters is 2. The van der Waals surface area contributed by atoms with Crippen LogP contribution in [-0.2, 0) is 19.1 Å². The lowest BCUT2D eigenvalue weighted by molar-refractivity contribution is -0.165. The van der Waals surface area contributed by atoms with Gasteiger partial charge in [-0.15, -0.1) is 0 Å². The molecule has 1 saturated heterocycles. The smallest absolute Gasteiger partial charge is 0.311 e. The van der Waals surface area contributed by atoms with Crippen LogP contribution in [-0.4, -0.2) is 37.7 Å². The lowest BCUT2D eigenvalue weighted by Crippen LogP contribution is -2.35. The summed E-state index contributed by atoms with van der Waals surface area (Å²) in [5.41, 5.74) is -0.527. The van der Waals surface area contributed by atoms with Crippen LogP contribution in [0.15, 0.2) is 0 Å². The highest BCUT2D eigenvalue weighted by Crippen LogP contribution is 2.22. The first-order valence-corrected chi connectivity index (χ1v) is 5.36. The Balaban J connectivity index is 2.65. The Kier molecular flexibility index (Phi) is 3.91. The van der Waals surface area contributed by atoms with Crippen molar-refractivity contribution in [1.29, 1.82) is 0 Å². The maximum atomic E-state index is 11.8. The fourth-order valence-corrected chi connectivity index (χ4v) is 1.70. The third-order valence-electron chi connectivity index (χ3n) is 2.43.